The third kappa shape index (κ3) is 6.19. The fraction of sp³-hybridized carbons (Fsp3) is 0.273. The van der Waals surface area contributed by atoms with Gasteiger partial charge in [0.05, 0.1) is 28.9 Å². The summed E-state index contributed by atoms with van der Waals surface area (Å²) in [7, 11) is -5.37. The maximum Gasteiger partial charge on any atom is 0.167 e. The number of ether oxygens (including phenoxy) is 4. The van der Waals surface area contributed by atoms with Crippen LogP contribution in [0.4, 0.5) is 0 Å². The fourth-order valence-electron chi connectivity index (χ4n) is 4.96. The normalized spacial score (nSPS) is 17.3. The van der Waals surface area contributed by atoms with Crippen molar-refractivity contribution >= 4 is 0 Å². The molecule has 0 aromatic heterocycles. The van der Waals surface area contributed by atoms with Crippen molar-refractivity contribution in [1.29, 1.82) is 0 Å². The van der Waals surface area contributed by atoms with Gasteiger partial charge in [0.2, 0.25) is 0 Å². The lowest BCUT2D eigenvalue weighted by atomic mass is 9.88. The van der Waals surface area contributed by atoms with Gasteiger partial charge in [-0.25, -0.2) is 0 Å². The lowest BCUT2D eigenvalue weighted by Gasteiger charge is -2.29. The molecule has 4 aromatic carbocycles. The second-order valence-electron chi connectivity index (χ2n) is 9.40. The second kappa shape index (κ2) is 12.7. The minimum atomic E-state index is -2.71. The molecule has 0 bridgehead atoms. The lowest BCUT2D eigenvalue weighted by Crippen LogP contribution is -2.31. The zero-order chi connectivity index (χ0) is 32.0. The predicted octanol–water partition coefficient (Wildman–Crippen LogP) is 5.78. The van der Waals surface area contributed by atoms with Crippen molar-refractivity contribution in [3.8, 4) is 23.0 Å². The van der Waals surface area contributed by atoms with Crippen LogP contribution in [0.15, 0.2) is 84.9 Å². The average Bonchev–Trinajstić information content (AvgIpc) is 2.99. The summed E-state index contributed by atoms with van der Waals surface area (Å²) in [6.07, 6.45) is 1.06. The Balaban J connectivity index is 1.48. The molecule has 1 atom stereocenters. The molecule has 0 saturated heterocycles. The molecule has 0 fully saturated rings. The Morgan fingerprint density at radius 3 is 2.21 bits per heavy atom. The first-order chi connectivity index (χ1) is 21.5. The molecular weight excluding hydrogens is 490 g/mol. The van der Waals surface area contributed by atoms with Gasteiger partial charge in [0.25, 0.3) is 0 Å². The van der Waals surface area contributed by atoms with Gasteiger partial charge >= 0.3 is 0 Å². The third-order valence-electron chi connectivity index (χ3n) is 6.95. The van der Waals surface area contributed by atoms with Crippen molar-refractivity contribution in [2.45, 2.75) is 38.7 Å². The Bertz CT molecular complexity index is 1580. The van der Waals surface area contributed by atoms with Crippen LogP contribution in [0.1, 0.15) is 47.6 Å². The summed E-state index contributed by atoms with van der Waals surface area (Å²) in [5, 5.41) is 14.0. The SMILES string of the molecule is [2H]C([2H])([2H])Oc1cc2c(cc1OCc1ccccc1)C(Cc1ccc(OC([2H])([2H])[2H])c(OCc3ccccc3)c1CO)NCC2. The molecule has 0 radical (unpaired) electrons. The molecule has 39 heavy (non-hydrogen) atoms. The van der Waals surface area contributed by atoms with Gasteiger partial charge in [0.15, 0.2) is 23.0 Å². The van der Waals surface area contributed by atoms with Crippen LogP contribution in [0.2, 0.25) is 0 Å². The monoisotopic (exact) mass is 531 g/mol. The lowest BCUT2D eigenvalue weighted by molar-refractivity contribution is 0.248. The fourth-order valence-corrected chi connectivity index (χ4v) is 4.96. The summed E-state index contributed by atoms with van der Waals surface area (Å²) in [6, 6.07) is 25.5. The van der Waals surface area contributed by atoms with Crippen LogP contribution in [-0.4, -0.2) is 25.7 Å². The van der Waals surface area contributed by atoms with Crippen LogP contribution in [-0.2, 0) is 32.7 Å². The Hall–Kier alpha value is -4.00. The van der Waals surface area contributed by atoms with Crippen LogP contribution in [0.5, 0.6) is 23.0 Å². The molecule has 0 amide bonds. The van der Waals surface area contributed by atoms with E-state index in [9.17, 15) is 5.11 Å². The van der Waals surface area contributed by atoms with Gasteiger partial charge < -0.3 is 29.4 Å². The number of hydrogen-bond acceptors (Lipinski definition) is 6. The zero-order valence-corrected chi connectivity index (χ0v) is 21.5. The van der Waals surface area contributed by atoms with Crippen molar-refractivity contribution in [2.75, 3.05) is 20.6 Å². The smallest absolute Gasteiger partial charge is 0.167 e. The van der Waals surface area contributed by atoms with Crippen molar-refractivity contribution in [3.05, 3.63) is 118 Å². The summed E-state index contributed by atoms with van der Waals surface area (Å²) in [5.41, 5.74) is 4.76. The molecule has 6 nitrogen and oxygen atoms in total. The molecule has 1 unspecified atom stereocenters. The summed E-state index contributed by atoms with van der Waals surface area (Å²) in [6.45, 7) is 0.583. The van der Waals surface area contributed by atoms with Gasteiger partial charge in [-0.2, -0.15) is 0 Å². The highest BCUT2D eigenvalue weighted by Crippen LogP contribution is 2.40. The first-order valence-electron chi connectivity index (χ1n) is 15.9. The molecular formula is C33H35NO5. The van der Waals surface area contributed by atoms with Crippen molar-refractivity contribution < 1.29 is 32.3 Å². The number of rotatable bonds is 11. The zero-order valence-electron chi connectivity index (χ0n) is 27.5. The quantitative estimate of drug-likeness (QED) is 0.256. The summed E-state index contributed by atoms with van der Waals surface area (Å²) < 4.78 is 68.8. The topological polar surface area (TPSA) is 69.2 Å². The second-order valence-corrected chi connectivity index (χ2v) is 9.40. The van der Waals surface area contributed by atoms with Crippen LogP contribution >= 0.6 is 0 Å². The average molecular weight is 532 g/mol. The van der Waals surface area contributed by atoms with Gasteiger partial charge in [-0.05, 0) is 65.4 Å². The number of hydrogen-bond donors (Lipinski definition) is 2. The molecule has 2 N–H and O–H groups in total. The predicted molar refractivity (Wildman–Crippen MR) is 152 cm³/mol. The molecule has 202 valence electrons. The molecule has 5 rings (SSSR count). The van der Waals surface area contributed by atoms with E-state index in [1.807, 2.05) is 66.7 Å². The van der Waals surface area contributed by atoms with E-state index in [4.69, 9.17) is 27.2 Å². The van der Waals surface area contributed by atoms with Crippen molar-refractivity contribution in [1.82, 2.24) is 5.32 Å². The summed E-state index contributed by atoms with van der Waals surface area (Å²) in [5.74, 6) is 0.625. The molecule has 6 heteroatoms. The van der Waals surface area contributed by atoms with Gasteiger partial charge in [-0.1, -0.05) is 66.7 Å². The van der Waals surface area contributed by atoms with E-state index in [1.54, 1.807) is 18.2 Å². The minimum absolute atomic E-state index is 0.0128. The number of methoxy groups -OCH3 is 2. The highest BCUT2D eigenvalue weighted by molar-refractivity contribution is 5.53. The van der Waals surface area contributed by atoms with Crippen LogP contribution < -0.4 is 24.3 Å². The Morgan fingerprint density at radius 2 is 1.51 bits per heavy atom. The molecule has 4 aromatic rings. The third-order valence-corrected chi connectivity index (χ3v) is 6.95. The molecule has 0 saturated carbocycles. The summed E-state index contributed by atoms with van der Waals surface area (Å²) >= 11 is 0. The number of aliphatic hydroxyl groups excluding tert-OH is 1. The van der Waals surface area contributed by atoms with Gasteiger partial charge in [0, 0.05) is 11.6 Å². The highest BCUT2D eigenvalue weighted by Gasteiger charge is 2.25. The van der Waals surface area contributed by atoms with Crippen molar-refractivity contribution in [3.63, 3.8) is 0 Å². The van der Waals surface area contributed by atoms with E-state index >= 15 is 0 Å². The van der Waals surface area contributed by atoms with Crippen molar-refractivity contribution in [2.24, 2.45) is 0 Å². The highest BCUT2D eigenvalue weighted by atomic mass is 16.5. The van der Waals surface area contributed by atoms with E-state index in [0.29, 0.717) is 30.7 Å². The Morgan fingerprint density at radius 1 is 0.821 bits per heavy atom. The maximum atomic E-state index is 10.5. The van der Waals surface area contributed by atoms with E-state index in [2.05, 4.69) is 5.32 Å². The Kier molecular flexibility index (Phi) is 6.51. The number of nitrogens with one attached hydrogen (secondary N) is 1. The molecule has 1 aliphatic heterocycles. The Labute approximate surface area is 238 Å². The maximum absolute atomic E-state index is 10.5. The summed E-state index contributed by atoms with van der Waals surface area (Å²) in [4.78, 5) is 0. The first-order valence-corrected chi connectivity index (χ1v) is 12.9. The number of benzene rings is 4. The van der Waals surface area contributed by atoms with Crippen LogP contribution in [0.25, 0.3) is 0 Å². The van der Waals surface area contributed by atoms with Crippen LogP contribution in [0.3, 0.4) is 0 Å². The van der Waals surface area contributed by atoms with Gasteiger partial charge in [-0.15, -0.1) is 0 Å². The molecule has 1 aliphatic rings. The van der Waals surface area contributed by atoms with E-state index in [0.717, 1.165) is 27.8 Å². The number of fused-ring (bicyclic) bond motifs is 1. The first kappa shape index (κ1) is 20.0. The molecule has 0 spiro atoms. The van der Waals surface area contributed by atoms with E-state index in [1.165, 1.54) is 0 Å². The van der Waals surface area contributed by atoms with E-state index < -0.39 is 20.7 Å². The van der Waals surface area contributed by atoms with Crippen LogP contribution in [0, 0.1) is 0 Å². The van der Waals surface area contributed by atoms with E-state index in [-0.39, 0.29) is 36.5 Å². The van der Waals surface area contributed by atoms with Gasteiger partial charge in [0.1, 0.15) is 13.2 Å². The molecule has 0 aliphatic carbocycles. The molecule has 1 heterocycles. The standard InChI is InChI=1S/C33H35NO5/c1-36-30-14-13-25(28(20-35)33(30)39-22-24-11-7-4-8-12-24)17-29-27-19-32(38-21-23-9-5-3-6-10-23)31(37-2)18-26(27)15-16-34-29/h3-14,18-19,29,34-35H,15-17,20-22H2,1-2H3/i1D3,2D3. The van der Waals surface area contributed by atoms with Gasteiger partial charge in [-0.3, -0.25) is 0 Å². The minimum Gasteiger partial charge on any atom is -0.493 e. The largest absolute Gasteiger partial charge is 0.493 e. The number of aliphatic hydroxyl groups is 1.